The maximum absolute atomic E-state index is 13.8. The Kier molecular flexibility index (Phi) is 12.4. The number of amides is 3. The molecule has 5 rings (SSSR count). The van der Waals surface area contributed by atoms with Crippen LogP contribution < -0.4 is 10.6 Å². The van der Waals surface area contributed by atoms with Crippen LogP contribution in [-0.2, 0) is 36.8 Å². The van der Waals surface area contributed by atoms with Crippen molar-refractivity contribution in [1.29, 1.82) is 0 Å². The minimum Gasteiger partial charge on any atom is -0.444 e. The first-order valence-corrected chi connectivity index (χ1v) is 18.3. The van der Waals surface area contributed by atoms with Crippen LogP contribution in [0.3, 0.4) is 0 Å². The van der Waals surface area contributed by atoms with Crippen molar-refractivity contribution in [3.63, 3.8) is 0 Å². The van der Waals surface area contributed by atoms with Gasteiger partial charge in [0.15, 0.2) is 5.78 Å². The summed E-state index contributed by atoms with van der Waals surface area (Å²) in [6.45, 7) is 13.7. The first kappa shape index (κ1) is 39.2. The Labute approximate surface area is 312 Å². The molecule has 3 atom stereocenters. The van der Waals surface area contributed by atoms with Crippen molar-refractivity contribution in [2.45, 2.75) is 104 Å². The molecule has 0 spiro atoms. The molecule has 0 unspecified atom stereocenters. The third-order valence-corrected chi connectivity index (χ3v) is 9.55. The summed E-state index contributed by atoms with van der Waals surface area (Å²) >= 11 is 0. The van der Waals surface area contributed by atoms with E-state index < -0.39 is 41.1 Å². The summed E-state index contributed by atoms with van der Waals surface area (Å²) in [6.07, 6.45) is 6.01. The molecule has 2 N–H and O–H groups in total. The van der Waals surface area contributed by atoms with Gasteiger partial charge in [0.1, 0.15) is 23.3 Å². The third-order valence-electron chi connectivity index (χ3n) is 9.55. The average molecular weight is 728 g/mol. The van der Waals surface area contributed by atoms with Gasteiger partial charge >= 0.3 is 12.2 Å². The zero-order valence-electron chi connectivity index (χ0n) is 31.9. The summed E-state index contributed by atoms with van der Waals surface area (Å²) in [6, 6.07) is 16.2. The van der Waals surface area contributed by atoms with Crippen LogP contribution >= 0.6 is 0 Å². The minimum absolute atomic E-state index is 0.109. The fourth-order valence-corrected chi connectivity index (χ4v) is 6.49. The molecule has 1 saturated heterocycles. The van der Waals surface area contributed by atoms with Crippen LogP contribution in [0.1, 0.15) is 89.7 Å². The SMILES string of the molecule is CC(=CC(=O)[C@@H](COCc1ccccc1)NC(=O)C(C)(C)NC(=O)OC(C)(C)C)c1cn([C@H]2c3ccccc3C[C@H]2OC(=O)N2CCC(C)CC2)cn1. The maximum Gasteiger partial charge on any atom is 0.410 e. The summed E-state index contributed by atoms with van der Waals surface area (Å²) in [5.41, 5.74) is 2.05. The number of allylic oxidation sites excluding steroid dienone is 1. The van der Waals surface area contributed by atoms with Gasteiger partial charge in [0.2, 0.25) is 5.91 Å². The molecule has 2 aliphatic rings. The van der Waals surface area contributed by atoms with Gasteiger partial charge in [-0.2, -0.15) is 0 Å². The molecule has 12 nitrogen and oxygen atoms in total. The minimum atomic E-state index is -1.40. The van der Waals surface area contributed by atoms with Gasteiger partial charge in [-0.1, -0.05) is 61.5 Å². The number of carbonyl (C=O) groups is 4. The molecule has 12 heteroatoms. The number of fused-ring (bicyclic) bond motifs is 1. The normalized spacial score (nSPS) is 18.5. The Morgan fingerprint density at radius 1 is 0.981 bits per heavy atom. The molecule has 1 aliphatic carbocycles. The third kappa shape index (κ3) is 10.6. The van der Waals surface area contributed by atoms with Gasteiger partial charge in [-0.3, -0.25) is 9.59 Å². The second-order valence-electron chi connectivity index (χ2n) is 15.7. The number of benzene rings is 2. The van der Waals surface area contributed by atoms with E-state index in [0.717, 1.165) is 29.5 Å². The van der Waals surface area contributed by atoms with Crippen LogP contribution in [0.25, 0.3) is 5.57 Å². The number of alkyl carbamates (subject to hydrolysis) is 1. The molecule has 0 radical (unpaired) electrons. The predicted molar refractivity (Wildman–Crippen MR) is 201 cm³/mol. The van der Waals surface area contributed by atoms with Crippen LogP contribution in [0.4, 0.5) is 9.59 Å². The van der Waals surface area contributed by atoms with Crippen molar-refractivity contribution in [1.82, 2.24) is 25.1 Å². The van der Waals surface area contributed by atoms with E-state index in [2.05, 4.69) is 28.6 Å². The lowest BCUT2D eigenvalue weighted by atomic mass is 10.00. The molecule has 1 aromatic heterocycles. The quantitative estimate of drug-likeness (QED) is 0.209. The number of nitrogens with one attached hydrogen (secondary N) is 2. The van der Waals surface area contributed by atoms with Crippen molar-refractivity contribution in [3.05, 3.63) is 95.6 Å². The van der Waals surface area contributed by atoms with Gasteiger partial charge in [-0.15, -0.1) is 0 Å². The van der Waals surface area contributed by atoms with E-state index in [-0.39, 0.29) is 25.3 Å². The number of nitrogens with zero attached hydrogens (tertiary/aromatic N) is 3. The first-order valence-electron chi connectivity index (χ1n) is 18.3. The fourth-order valence-electron chi connectivity index (χ4n) is 6.49. The first-order chi connectivity index (χ1) is 25.1. The molecule has 53 heavy (non-hydrogen) atoms. The molecular formula is C41H53N5O7. The lowest BCUT2D eigenvalue weighted by molar-refractivity contribution is -0.131. The standard InChI is InChI=1S/C41H53N5O7/c1-27-17-19-45(20-18-27)39(50)52-35-22-30-15-11-12-16-31(30)36(35)46-23-32(42-26-46)28(2)21-34(47)33(25-51-24-29-13-9-8-10-14-29)43-37(48)41(6,7)44-38(49)53-40(3,4)5/h8-16,21,23,26-27,33,35-36H,17-20,22,24-25H2,1-7H3,(H,43,48)(H,44,49)/t33-,35-,36+/m1/s1. The zero-order valence-corrected chi connectivity index (χ0v) is 31.9. The molecule has 2 heterocycles. The summed E-state index contributed by atoms with van der Waals surface area (Å²) in [4.78, 5) is 59.5. The molecule has 1 aliphatic heterocycles. The molecule has 0 bridgehead atoms. The number of rotatable bonds is 12. The summed E-state index contributed by atoms with van der Waals surface area (Å²) in [7, 11) is 0. The van der Waals surface area contributed by atoms with Gasteiger partial charge in [0, 0.05) is 25.7 Å². The van der Waals surface area contributed by atoms with Crippen molar-refractivity contribution >= 4 is 29.5 Å². The largest absolute Gasteiger partial charge is 0.444 e. The van der Waals surface area contributed by atoms with Gasteiger partial charge in [-0.05, 0) is 88.6 Å². The van der Waals surface area contributed by atoms with E-state index in [0.29, 0.717) is 36.7 Å². The summed E-state index contributed by atoms with van der Waals surface area (Å²) < 4.78 is 19.3. The van der Waals surface area contributed by atoms with E-state index >= 15 is 0 Å². The van der Waals surface area contributed by atoms with E-state index in [1.165, 1.54) is 19.9 Å². The fraction of sp³-hybridized carbons (Fsp3) is 0.488. The second kappa shape index (κ2) is 16.8. The van der Waals surface area contributed by atoms with Crippen LogP contribution in [0, 0.1) is 5.92 Å². The van der Waals surface area contributed by atoms with Crippen molar-refractivity contribution in [2.75, 3.05) is 19.7 Å². The summed E-state index contributed by atoms with van der Waals surface area (Å²) in [5.74, 6) is -0.392. The summed E-state index contributed by atoms with van der Waals surface area (Å²) in [5, 5.41) is 5.37. The van der Waals surface area contributed by atoms with Gasteiger partial charge in [0.25, 0.3) is 0 Å². The van der Waals surface area contributed by atoms with Gasteiger partial charge in [-0.25, -0.2) is 14.6 Å². The Balaban J connectivity index is 1.32. The lowest BCUT2D eigenvalue weighted by Gasteiger charge is -2.31. The van der Waals surface area contributed by atoms with Crippen LogP contribution in [0.5, 0.6) is 0 Å². The Bertz CT molecular complexity index is 1790. The highest BCUT2D eigenvalue weighted by Crippen LogP contribution is 2.37. The van der Waals surface area contributed by atoms with E-state index in [1.807, 2.05) is 59.3 Å². The molecule has 2 aromatic carbocycles. The van der Waals surface area contributed by atoms with Crippen LogP contribution in [0.15, 0.2) is 73.2 Å². The van der Waals surface area contributed by atoms with E-state index in [1.54, 1.807) is 38.9 Å². The maximum atomic E-state index is 13.8. The monoisotopic (exact) mass is 727 g/mol. The highest BCUT2D eigenvalue weighted by atomic mass is 16.6. The molecule has 1 fully saturated rings. The Morgan fingerprint density at radius 3 is 2.36 bits per heavy atom. The van der Waals surface area contributed by atoms with Crippen molar-refractivity contribution in [2.24, 2.45) is 5.92 Å². The van der Waals surface area contributed by atoms with E-state index in [4.69, 9.17) is 14.2 Å². The highest BCUT2D eigenvalue weighted by Gasteiger charge is 2.38. The molecule has 0 saturated carbocycles. The number of piperidine rings is 1. The Morgan fingerprint density at radius 2 is 1.66 bits per heavy atom. The number of aromatic nitrogens is 2. The number of imidazole rings is 1. The van der Waals surface area contributed by atoms with Gasteiger partial charge in [0.05, 0.1) is 31.3 Å². The average Bonchev–Trinajstić information content (AvgIpc) is 3.72. The smallest absolute Gasteiger partial charge is 0.410 e. The number of hydrogen-bond acceptors (Lipinski definition) is 8. The molecule has 3 amide bonds. The second-order valence-corrected chi connectivity index (χ2v) is 15.7. The number of hydrogen-bond donors (Lipinski definition) is 2. The Hall–Kier alpha value is -4.97. The van der Waals surface area contributed by atoms with Crippen molar-refractivity contribution in [3.8, 4) is 0 Å². The van der Waals surface area contributed by atoms with Crippen LogP contribution in [-0.4, -0.2) is 81.3 Å². The van der Waals surface area contributed by atoms with E-state index in [9.17, 15) is 19.2 Å². The molecule has 284 valence electrons. The molecule has 3 aromatic rings. The number of carbonyl (C=O) groups excluding carboxylic acids is 4. The number of likely N-dealkylation sites (tertiary alicyclic amines) is 1. The number of ether oxygens (including phenoxy) is 3. The van der Waals surface area contributed by atoms with Crippen LogP contribution in [0.2, 0.25) is 0 Å². The lowest BCUT2D eigenvalue weighted by Crippen LogP contribution is -2.59. The highest BCUT2D eigenvalue weighted by molar-refractivity contribution is 6.02. The molecular weight excluding hydrogens is 674 g/mol. The van der Waals surface area contributed by atoms with Crippen molar-refractivity contribution < 1.29 is 33.4 Å². The predicted octanol–water partition coefficient (Wildman–Crippen LogP) is 6.24. The topological polar surface area (TPSA) is 141 Å². The number of ketones is 1. The zero-order chi connectivity index (χ0) is 38.3. The van der Waals surface area contributed by atoms with Gasteiger partial charge < -0.3 is 34.3 Å².